The van der Waals surface area contributed by atoms with Crippen LogP contribution < -0.4 is 0 Å². The summed E-state index contributed by atoms with van der Waals surface area (Å²) >= 11 is 0. The molecule has 0 radical (unpaired) electrons. The Morgan fingerprint density at radius 2 is 1.95 bits per heavy atom. The van der Waals surface area contributed by atoms with E-state index in [4.69, 9.17) is 5.11 Å². The normalized spacial score (nSPS) is 11.9. The van der Waals surface area contributed by atoms with Crippen molar-refractivity contribution in [3.63, 3.8) is 0 Å². The van der Waals surface area contributed by atoms with E-state index in [9.17, 15) is 26.7 Å². The smallest absolute Gasteiger partial charge is 0.335 e. The van der Waals surface area contributed by atoms with Gasteiger partial charge in [-0.25, -0.2) is 18.0 Å². The standard InChI is InChI=1S/C11H9F5O3/c12-8-2-6(1-7(3-8)9(17)18)4-19-5-11(15,16)10(13)14/h1-3,10H,4-5H2,(H,17,18). The van der Waals surface area contributed by atoms with Gasteiger partial charge in [0.15, 0.2) is 0 Å². The van der Waals surface area contributed by atoms with Crippen LogP contribution in [0.25, 0.3) is 0 Å². The molecule has 0 bridgehead atoms. The van der Waals surface area contributed by atoms with Crippen LogP contribution in [0.4, 0.5) is 22.0 Å². The van der Waals surface area contributed by atoms with E-state index in [0.29, 0.717) is 0 Å². The van der Waals surface area contributed by atoms with Crippen molar-refractivity contribution in [2.24, 2.45) is 0 Å². The first kappa shape index (κ1) is 15.4. The highest BCUT2D eigenvalue weighted by molar-refractivity contribution is 5.87. The van der Waals surface area contributed by atoms with E-state index in [2.05, 4.69) is 4.74 Å². The third-order valence-electron chi connectivity index (χ3n) is 2.09. The molecule has 1 aromatic carbocycles. The van der Waals surface area contributed by atoms with E-state index < -0.39 is 37.3 Å². The molecule has 3 nitrogen and oxygen atoms in total. The minimum absolute atomic E-state index is 0.0394. The van der Waals surface area contributed by atoms with Gasteiger partial charge in [-0.05, 0) is 23.8 Å². The topological polar surface area (TPSA) is 46.5 Å². The molecule has 0 atom stereocenters. The summed E-state index contributed by atoms with van der Waals surface area (Å²) in [5.41, 5.74) is -0.429. The van der Waals surface area contributed by atoms with Crippen LogP contribution in [0.2, 0.25) is 0 Å². The monoisotopic (exact) mass is 284 g/mol. The van der Waals surface area contributed by atoms with E-state index in [1.54, 1.807) is 0 Å². The zero-order valence-electron chi connectivity index (χ0n) is 9.38. The van der Waals surface area contributed by atoms with Crippen LogP contribution in [0.3, 0.4) is 0 Å². The maximum atomic E-state index is 13.0. The molecular weight excluding hydrogens is 275 g/mol. The first-order valence-corrected chi connectivity index (χ1v) is 4.99. The Hall–Kier alpha value is -1.70. The minimum Gasteiger partial charge on any atom is -0.478 e. The van der Waals surface area contributed by atoms with E-state index in [0.717, 1.165) is 18.2 Å². The number of rotatable bonds is 6. The molecule has 0 amide bonds. The minimum atomic E-state index is -4.30. The molecular formula is C11H9F5O3. The Morgan fingerprint density at radius 3 is 2.47 bits per heavy atom. The second kappa shape index (κ2) is 5.96. The Kier molecular flexibility index (Phi) is 4.82. The molecule has 0 unspecified atom stereocenters. The number of alkyl halides is 4. The van der Waals surface area contributed by atoms with Gasteiger partial charge in [0.1, 0.15) is 12.4 Å². The number of hydrogen-bond donors (Lipinski definition) is 1. The van der Waals surface area contributed by atoms with Crippen LogP contribution in [0.5, 0.6) is 0 Å². The van der Waals surface area contributed by atoms with Crippen molar-refractivity contribution in [1.82, 2.24) is 0 Å². The fourth-order valence-electron chi connectivity index (χ4n) is 1.23. The van der Waals surface area contributed by atoms with Crippen molar-refractivity contribution in [3.05, 3.63) is 35.1 Å². The summed E-state index contributed by atoms with van der Waals surface area (Å²) in [6.07, 6.45) is -3.87. The summed E-state index contributed by atoms with van der Waals surface area (Å²) in [7, 11) is 0. The molecule has 0 aliphatic carbocycles. The van der Waals surface area contributed by atoms with E-state index in [1.807, 2.05) is 0 Å². The fourth-order valence-corrected chi connectivity index (χ4v) is 1.23. The van der Waals surface area contributed by atoms with E-state index in [-0.39, 0.29) is 11.1 Å². The Bertz CT molecular complexity index is 462. The highest BCUT2D eigenvalue weighted by atomic mass is 19.3. The number of ether oxygens (including phenoxy) is 1. The van der Waals surface area contributed by atoms with Crippen molar-refractivity contribution in [2.75, 3.05) is 6.61 Å². The summed E-state index contributed by atoms with van der Waals surface area (Å²) in [5.74, 6) is -6.60. The van der Waals surface area contributed by atoms with Gasteiger partial charge in [-0.2, -0.15) is 8.78 Å². The van der Waals surface area contributed by atoms with Gasteiger partial charge < -0.3 is 9.84 Å². The van der Waals surface area contributed by atoms with Crippen molar-refractivity contribution < 1.29 is 36.6 Å². The second-order valence-electron chi connectivity index (χ2n) is 3.71. The fraction of sp³-hybridized carbons (Fsp3) is 0.364. The summed E-state index contributed by atoms with van der Waals surface area (Å²) in [5, 5.41) is 8.63. The summed E-state index contributed by atoms with van der Waals surface area (Å²) in [6.45, 7) is -2.13. The lowest BCUT2D eigenvalue weighted by atomic mass is 10.1. The predicted octanol–water partition coefficient (Wildman–Crippen LogP) is 2.94. The van der Waals surface area contributed by atoms with Crippen LogP contribution in [-0.2, 0) is 11.3 Å². The molecule has 0 aromatic heterocycles. The molecule has 19 heavy (non-hydrogen) atoms. The van der Waals surface area contributed by atoms with Crippen LogP contribution >= 0.6 is 0 Å². The maximum absolute atomic E-state index is 13.0. The molecule has 0 fully saturated rings. The number of halogens is 5. The van der Waals surface area contributed by atoms with Gasteiger partial charge in [0, 0.05) is 0 Å². The van der Waals surface area contributed by atoms with Crippen LogP contribution in [0.1, 0.15) is 15.9 Å². The molecule has 0 saturated heterocycles. The van der Waals surface area contributed by atoms with Gasteiger partial charge in [-0.1, -0.05) is 0 Å². The quantitative estimate of drug-likeness (QED) is 0.817. The van der Waals surface area contributed by atoms with Gasteiger partial charge in [-0.15, -0.1) is 0 Å². The van der Waals surface area contributed by atoms with Crippen LogP contribution in [0, 0.1) is 5.82 Å². The molecule has 1 aromatic rings. The molecule has 0 aliphatic rings. The number of carbonyl (C=O) groups is 1. The third kappa shape index (κ3) is 4.47. The number of hydrogen-bond acceptors (Lipinski definition) is 2. The Morgan fingerprint density at radius 1 is 1.32 bits per heavy atom. The van der Waals surface area contributed by atoms with Gasteiger partial charge in [-0.3, -0.25) is 0 Å². The molecule has 8 heteroatoms. The van der Waals surface area contributed by atoms with Gasteiger partial charge in [0.05, 0.1) is 12.2 Å². The predicted molar refractivity (Wildman–Crippen MR) is 54.0 cm³/mol. The highest BCUT2D eigenvalue weighted by Crippen LogP contribution is 2.23. The van der Waals surface area contributed by atoms with E-state index >= 15 is 0 Å². The lowest BCUT2D eigenvalue weighted by molar-refractivity contribution is -0.168. The molecule has 1 rings (SSSR count). The molecule has 1 N–H and O–H groups in total. The van der Waals surface area contributed by atoms with Crippen molar-refractivity contribution >= 4 is 5.97 Å². The molecule has 0 aliphatic heterocycles. The van der Waals surface area contributed by atoms with Gasteiger partial charge in [0.25, 0.3) is 0 Å². The van der Waals surface area contributed by atoms with Crippen molar-refractivity contribution in [2.45, 2.75) is 19.0 Å². The van der Waals surface area contributed by atoms with Crippen LogP contribution in [0.15, 0.2) is 18.2 Å². The van der Waals surface area contributed by atoms with Crippen LogP contribution in [-0.4, -0.2) is 30.0 Å². The average Bonchev–Trinajstić information content (AvgIpc) is 2.27. The number of benzene rings is 1. The largest absolute Gasteiger partial charge is 0.478 e. The average molecular weight is 284 g/mol. The highest BCUT2D eigenvalue weighted by Gasteiger charge is 2.40. The molecule has 0 spiro atoms. The second-order valence-corrected chi connectivity index (χ2v) is 3.71. The lowest BCUT2D eigenvalue weighted by Crippen LogP contribution is -2.32. The number of carboxylic acid groups (broad SMARTS) is 1. The summed E-state index contributed by atoms with van der Waals surface area (Å²) in [4.78, 5) is 10.6. The first-order valence-electron chi connectivity index (χ1n) is 4.99. The summed E-state index contributed by atoms with van der Waals surface area (Å²) < 4.78 is 65.9. The van der Waals surface area contributed by atoms with Gasteiger partial charge >= 0.3 is 18.3 Å². The SMILES string of the molecule is O=C(O)c1cc(F)cc(COCC(F)(F)C(F)F)c1. The number of aromatic carboxylic acids is 1. The summed E-state index contributed by atoms with van der Waals surface area (Å²) in [6, 6.07) is 2.61. The van der Waals surface area contributed by atoms with E-state index in [1.165, 1.54) is 0 Å². The van der Waals surface area contributed by atoms with Crippen molar-refractivity contribution in [3.8, 4) is 0 Å². The first-order chi connectivity index (χ1) is 8.72. The Balaban J connectivity index is 2.66. The molecule has 0 saturated carbocycles. The van der Waals surface area contributed by atoms with Gasteiger partial charge in [0.2, 0.25) is 0 Å². The number of carboxylic acids is 1. The molecule has 0 heterocycles. The zero-order chi connectivity index (χ0) is 14.6. The third-order valence-corrected chi connectivity index (χ3v) is 2.09. The Labute approximate surface area is 104 Å². The van der Waals surface area contributed by atoms with Crippen molar-refractivity contribution in [1.29, 1.82) is 0 Å². The lowest BCUT2D eigenvalue weighted by Gasteiger charge is -2.15. The zero-order valence-corrected chi connectivity index (χ0v) is 9.38. The molecule has 106 valence electrons. The maximum Gasteiger partial charge on any atom is 0.335 e.